The number of aromatic nitrogens is 5. The number of rotatable bonds is 6. The van der Waals surface area contributed by atoms with Crippen molar-refractivity contribution in [2.75, 3.05) is 17.1 Å². The second-order valence-corrected chi connectivity index (χ2v) is 10.0. The lowest BCUT2D eigenvalue weighted by Gasteiger charge is -2.16. The Morgan fingerprint density at radius 3 is 2.62 bits per heavy atom. The second kappa shape index (κ2) is 8.30. The average molecular weight is 456 g/mol. The van der Waals surface area contributed by atoms with E-state index in [-0.39, 0.29) is 31.0 Å². The highest BCUT2D eigenvalue weighted by atomic mass is 32.2. The Balaban J connectivity index is 1.63. The van der Waals surface area contributed by atoms with Crippen LogP contribution in [0.2, 0.25) is 0 Å². The Bertz CT molecular complexity index is 1250. The van der Waals surface area contributed by atoms with Crippen molar-refractivity contribution in [3.05, 3.63) is 65.3 Å². The minimum Gasteiger partial charge on any atom is -0.346 e. The standard InChI is InChI=1S/C21H25N7O3S/c1-13(2)27-12-25-20(26-27)18-11-28(32(4,30)31)19-6-5-15(7-17(18)19)21(29)24-10-16-9-22-14(3)8-23-16/h5-9,12-13,18H,10-11H2,1-4H3,(H,24,29)/t18-/m0/s1. The highest BCUT2D eigenvalue weighted by molar-refractivity contribution is 7.92. The number of anilines is 1. The van der Waals surface area contributed by atoms with Gasteiger partial charge in [-0.15, -0.1) is 0 Å². The summed E-state index contributed by atoms with van der Waals surface area (Å²) in [7, 11) is -3.49. The lowest BCUT2D eigenvalue weighted by atomic mass is 9.98. The Hall–Kier alpha value is -3.34. The lowest BCUT2D eigenvalue weighted by molar-refractivity contribution is 0.0950. The number of nitrogens with one attached hydrogen (secondary N) is 1. The van der Waals surface area contributed by atoms with Gasteiger partial charge in [-0.3, -0.25) is 23.7 Å². The minimum atomic E-state index is -3.49. The van der Waals surface area contributed by atoms with Crippen molar-refractivity contribution in [3.8, 4) is 0 Å². The van der Waals surface area contributed by atoms with E-state index < -0.39 is 10.0 Å². The maximum Gasteiger partial charge on any atom is 0.251 e. The van der Waals surface area contributed by atoms with Gasteiger partial charge in [-0.1, -0.05) is 0 Å². The van der Waals surface area contributed by atoms with E-state index in [4.69, 9.17) is 0 Å². The number of carbonyl (C=O) groups excluding carboxylic acids is 1. The van der Waals surface area contributed by atoms with Gasteiger partial charge in [0.2, 0.25) is 10.0 Å². The summed E-state index contributed by atoms with van der Waals surface area (Å²) in [6, 6.07) is 5.13. The molecule has 2 aromatic heterocycles. The second-order valence-electron chi connectivity index (χ2n) is 8.13. The molecule has 1 aliphatic heterocycles. The van der Waals surface area contributed by atoms with Gasteiger partial charge < -0.3 is 5.32 Å². The summed E-state index contributed by atoms with van der Waals surface area (Å²) < 4.78 is 27.8. The number of amides is 1. The molecule has 0 unspecified atom stereocenters. The van der Waals surface area contributed by atoms with E-state index in [9.17, 15) is 13.2 Å². The van der Waals surface area contributed by atoms with E-state index in [1.54, 1.807) is 41.6 Å². The fourth-order valence-electron chi connectivity index (χ4n) is 3.58. The molecule has 1 atom stereocenters. The van der Waals surface area contributed by atoms with Crippen LogP contribution in [0.1, 0.15) is 58.9 Å². The van der Waals surface area contributed by atoms with Crippen molar-refractivity contribution < 1.29 is 13.2 Å². The molecule has 1 aliphatic rings. The van der Waals surface area contributed by atoms with Crippen LogP contribution in [-0.4, -0.2) is 51.9 Å². The highest BCUT2D eigenvalue weighted by Gasteiger charge is 2.37. The first-order chi connectivity index (χ1) is 15.1. The molecule has 0 aliphatic carbocycles. The topological polar surface area (TPSA) is 123 Å². The summed E-state index contributed by atoms with van der Waals surface area (Å²) in [4.78, 5) is 25.6. The Morgan fingerprint density at radius 1 is 1.22 bits per heavy atom. The molecule has 1 aromatic carbocycles. The van der Waals surface area contributed by atoms with Crippen LogP contribution in [0.4, 0.5) is 5.69 Å². The molecule has 0 spiro atoms. The molecular formula is C21H25N7O3S. The molecule has 1 amide bonds. The zero-order valence-electron chi connectivity index (χ0n) is 18.3. The largest absolute Gasteiger partial charge is 0.346 e. The maximum absolute atomic E-state index is 12.8. The number of nitrogens with zero attached hydrogens (tertiary/aromatic N) is 6. The average Bonchev–Trinajstić information content (AvgIpc) is 3.37. The lowest BCUT2D eigenvalue weighted by Crippen LogP contribution is -2.29. The molecular weight excluding hydrogens is 430 g/mol. The van der Waals surface area contributed by atoms with Gasteiger partial charge in [-0.25, -0.2) is 13.4 Å². The number of carbonyl (C=O) groups is 1. The fourth-order valence-corrected chi connectivity index (χ4v) is 4.52. The molecule has 168 valence electrons. The van der Waals surface area contributed by atoms with Gasteiger partial charge in [0, 0.05) is 24.3 Å². The number of aryl methyl sites for hydroxylation is 1. The molecule has 10 nitrogen and oxygen atoms in total. The van der Waals surface area contributed by atoms with Crippen molar-refractivity contribution in [1.82, 2.24) is 30.0 Å². The normalized spacial score (nSPS) is 15.8. The molecule has 0 bridgehead atoms. The van der Waals surface area contributed by atoms with E-state index in [0.29, 0.717) is 28.3 Å². The van der Waals surface area contributed by atoms with Crippen LogP contribution in [0.5, 0.6) is 0 Å². The maximum atomic E-state index is 12.8. The quantitative estimate of drug-likeness (QED) is 0.601. The molecule has 32 heavy (non-hydrogen) atoms. The van der Waals surface area contributed by atoms with Crippen molar-refractivity contribution in [1.29, 1.82) is 0 Å². The van der Waals surface area contributed by atoms with E-state index >= 15 is 0 Å². The summed E-state index contributed by atoms with van der Waals surface area (Å²) in [5.41, 5.74) is 3.12. The molecule has 1 N–H and O–H groups in total. The minimum absolute atomic E-state index is 0.130. The first-order valence-electron chi connectivity index (χ1n) is 10.2. The monoisotopic (exact) mass is 455 g/mol. The van der Waals surface area contributed by atoms with Gasteiger partial charge in [0.25, 0.3) is 5.91 Å². The molecule has 0 saturated carbocycles. The number of hydrogen-bond acceptors (Lipinski definition) is 7. The van der Waals surface area contributed by atoms with Gasteiger partial charge in [0.15, 0.2) is 5.82 Å². The SMILES string of the molecule is Cc1cnc(CNC(=O)c2ccc3c(c2)[C@@H](c2ncn(C(C)C)n2)CN3S(C)(=O)=O)cn1. The highest BCUT2D eigenvalue weighted by Crippen LogP contribution is 2.40. The first-order valence-corrected chi connectivity index (χ1v) is 12.1. The summed E-state index contributed by atoms with van der Waals surface area (Å²) in [5, 5.41) is 7.37. The molecule has 11 heteroatoms. The zero-order chi connectivity index (χ0) is 23.0. The molecule has 4 rings (SSSR count). The summed E-state index contributed by atoms with van der Waals surface area (Å²) >= 11 is 0. The van der Waals surface area contributed by atoms with Gasteiger partial charge in [-0.05, 0) is 44.5 Å². The molecule has 0 saturated heterocycles. The van der Waals surface area contributed by atoms with Crippen molar-refractivity contribution in [2.45, 2.75) is 39.3 Å². The smallest absolute Gasteiger partial charge is 0.251 e. The summed E-state index contributed by atoms with van der Waals surface area (Å²) in [6.45, 7) is 6.26. The Morgan fingerprint density at radius 2 is 2.00 bits per heavy atom. The van der Waals surface area contributed by atoms with Crippen LogP contribution in [0.15, 0.2) is 36.9 Å². The van der Waals surface area contributed by atoms with E-state index in [0.717, 1.165) is 5.69 Å². The van der Waals surface area contributed by atoms with Gasteiger partial charge in [0.1, 0.15) is 6.33 Å². The fraction of sp³-hybridized carbons (Fsp3) is 0.381. The van der Waals surface area contributed by atoms with Crippen LogP contribution >= 0.6 is 0 Å². The van der Waals surface area contributed by atoms with Crippen LogP contribution in [-0.2, 0) is 16.6 Å². The van der Waals surface area contributed by atoms with Crippen LogP contribution in [0.3, 0.4) is 0 Å². The first kappa shape index (κ1) is 21.9. The molecule has 0 radical (unpaired) electrons. The van der Waals surface area contributed by atoms with Crippen LogP contribution in [0.25, 0.3) is 0 Å². The van der Waals surface area contributed by atoms with Crippen molar-refractivity contribution >= 4 is 21.6 Å². The third-order valence-corrected chi connectivity index (χ3v) is 6.46. The predicted octanol–water partition coefficient (Wildman–Crippen LogP) is 1.80. The molecule has 3 aromatic rings. The Labute approximate surface area is 186 Å². The Kier molecular flexibility index (Phi) is 5.68. The molecule has 0 fully saturated rings. The molecule has 3 heterocycles. The van der Waals surface area contributed by atoms with E-state index in [2.05, 4.69) is 25.4 Å². The summed E-state index contributed by atoms with van der Waals surface area (Å²) in [5.74, 6) is -0.124. The van der Waals surface area contributed by atoms with Crippen LogP contribution in [0, 0.1) is 6.92 Å². The van der Waals surface area contributed by atoms with E-state index in [1.165, 1.54) is 10.6 Å². The van der Waals surface area contributed by atoms with Crippen molar-refractivity contribution in [2.24, 2.45) is 0 Å². The van der Waals surface area contributed by atoms with E-state index in [1.807, 2.05) is 20.8 Å². The number of hydrogen-bond donors (Lipinski definition) is 1. The third-order valence-electron chi connectivity index (χ3n) is 5.31. The predicted molar refractivity (Wildman–Crippen MR) is 119 cm³/mol. The third kappa shape index (κ3) is 4.33. The summed E-state index contributed by atoms with van der Waals surface area (Å²) in [6.07, 6.45) is 6.07. The zero-order valence-corrected chi connectivity index (χ0v) is 19.2. The number of fused-ring (bicyclic) bond motifs is 1. The van der Waals surface area contributed by atoms with Crippen LogP contribution < -0.4 is 9.62 Å². The van der Waals surface area contributed by atoms with Gasteiger partial charge in [0.05, 0.1) is 42.0 Å². The van der Waals surface area contributed by atoms with Gasteiger partial charge in [-0.2, -0.15) is 5.10 Å². The van der Waals surface area contributed by atoms with Crippen molar-refractivity contribution in [3.63, 3.8) is 0 Å². The number of sulfonamides is 1. The van der Waals surface area contributed by atoms with Gasteiger partial charge >= 0.3 is 0 Å². The number of benzene rings is 1.